The van der Waals surface area contributed by atoms with Crippen LogP contribution < -0.4 is 0 Å². The van der Waals surface area contributed by atoms with Crippen LogP contribution in [0.5, 0.6) is 0 Å². The number of furan rings is 1. The van der Waals surface area contributed by atoms with Gasteiger partial charge in [-0.1, -0.05) is 18.2 Å². The van der Waals surface area contributed by atoms with Gasteiger partial charge < -0.3 is 9.15 Å². The van der Waals surface area contributed by atoms with Crippen LogP contribution in [-0.2, 0) is 4.74 Å². The lowest BCUT2D eigenvalue weighted by Crippen LogP contribution is -2.00. The Morgan fingerprint density at radius 3 is 2.78 bits per heavy atom. The Labute approximate surface area is 104 Å². The Kier molecular flexibility index (Phi) is 2.33. The van der Waals surface area contributed by atoms with Gasteiger partial charge in [0, 0.05) is 10.8 Å². The number of aryl methyl sites for hydroxylation is 1. The third-order valence-corrected chi connectivity index (χ3v) is 3.11. The van der Waals surface area contributed by atoms with Crippen molar-refractivity contribution in [2.24, 2.45) is 0 Å². The van der Waals surface area contributed by atoms with E-state index in [1.807, 2.05) is 31.2 Å². The van der Waals surface area contributed by atoms with Crippen molar-refractivity contribution in [3.8, 4) is 0 Å². The summed E-state index contributed by atoms with van der Waals surface area (Å²) in [5.41, 5.74) is 3.28. The van der Waals surface area contributed by atoms with Crippen LogP contribution in [0.25, 0.3) is 21.9 Å². The van der Waals surface area contributed by atoms with Crippen LogP contribution in [0, 0.1) is 6.92 Å². The summed E-state index contributed by atoms with van der Waals surface area (Å²) in [6.45, 7) is 2.01. The third-order valence-electron chi connectivity index (χ3n) is 3.11. The summed E-state index contributed by atoms with van der Waals surface area (Å²) in [6.07, 6.45) is 0. The zero-order chi connectivity index (χ0) is 12.7. The zero-order valence-electron chi connectivity index (χ0n) is 10.2. The number of para-hydroxylation sites is 1. The minimum atomic E-state index is -0.334. The smallest absolute Gasteiger partial charge is 0.337 e. The van der Waals surface area contributed by atoms with Crippen LogP contribution in [-0.4, -0.2) is 13.1 Å². The minimum Gasteiger partial charge on any atom is -0.465 e. The van der Waals surface area contributed by atoms with Gasteiger partial charge in [-0.15, -0.1) is 0 Å². The second-order valence-corrected chi connectivity index (χ2v) is 4.26. The van der Waals surface area contributed by atoms with Crippen LogP contribution >= 0.6 is 0 Å². The molecule has 0 radical (unpaired) electrons. The van der Waals surface area contributed by atoms with Crippen molar-refractivity contribution in [1.29, 1.82) is 0 Å². The molecule has 3 nitrogen and oxygen atoms in total. The average molecular weight is 240 g/mol. The quantitative estimate of drug-likeness (QED) is 0.609. The molecule has 0 spiro atoms. The number of hydrogen-bond donors (Lipinski definition) is 0. The van der Waals surface area contributed by atoms with E-state index in [9.17, 15) is 4.79 Å². The molecule has 0 unspecified atom stereocenters. The van der Waals surface area contributed by atoms with E-state index >= 15 is 0 Å². The van der Waals surface area contributed by atoms with Gasteiger partial charge in [-0.05, 0) is 30.7 Å². The number of rotatable bonds is 1. The predicted molar refractivity (Wildman–Crippen MR) is 69.8 cm³/mol. The molecule has 0 atom stereocenters. The Balaban J connectivity index is 2.36. The molecule has 0 bridgehead atoms. The van der Waals surface area contributed by atoms with Crippen LogP contribution in [0.15, 0.2) is 40.8 Å². The molecule has 90 valence electrons. The number of methoxy groups -OCH3 is 1. The van der Waals surface area contributed by atoms with E-state index in [0.717, 1.165) is 27.5 Å². The number of ether oxygens (including phenoxy) is 1. The molecule has 0 aliphatic heterocycles. The maximum absolute atomic E-state index is 11.5. The summed E-state index contributed by atoms with van der Waals surface area (Å²) in [7, 11) is 1.38. The molecule has 1 aromatic heterocycles. The lowest BCUT2D eigenvalue weighted by Gasteiger charge is -1.98. The second-order valence-electron chi connectivity index (χ2n) is 4.26. The Morgan fingerprint density at radius 2 is 2.00 bits per heavy atom. The normalized spacial score (nSPS) is 11.0. The summed E-state index contributed by atoms with van der Waals surface area (Å²) in [5.74, 6) is -0.334. The van der Waals surface area contributed by atoms with Gasteiger partial charge in [0.25, 0.3) is 0 Å². The first-order valence-electron chi connectivity index (χ1n) is 5.71. The number of fused-ring (bicyclic) bond motifs is 3. The Bertz CT molecular complexity index is 753. The molecule has 0 N–H and O–H groups in total. The standard InChI is InChI=1S/C15H12O3/c1-9-4-3-5-11-12-8-10(15(16)17-2)6-7-13(12)18-14(9)11/h3-8H,1-2H3. The van der Waals surface area contributed by atoms with Gasteiger partial charge in [0.05, 0.1) is 12.7 Å². The molecule has 3 heteroatoms. The summed E-state index contributed by atoms with van der Waals surface area (Å²) >= 11 is 0. The summed E-state index contributed by atoms with van der Waals surface area (Å²) in [6, 6.07) is 11.3. The highest BCUT2D eigenvalue weighted by Gasteiger charge is 2.12. The largest absolute Gasteiger partial charge is 0.465 e. The minimum absolute atomic E-state index is 0.334. The lowest BCUT2D eigenvalue weighted by molar-refractivity contribution is 0.0601. The van der Waals surface area contributed by atoms with Gasteiger partial charge in [0.2, 0.25) is 0 Å². The fraction of sp³-hybridized carbons (Fsp3) is 0.133. The van der Waals surface area contributed by atoms with Crippen molar-refractivity contribution in [2.45, 2.75) is 6.92 Å². The molecule has 0 saturated heterocycles. The molecule has 3 rings (SSSR count). The molecule has 2 aromatic carbocycles. The fourth-order valence-electron chi connectivity index (χ4n) is 2.18. The highest BCUT2D eigenvalue weighted by atomic mass is 16.5. The van der Waals surface area contributed by atoms with Crippen molar-refractivity contribution < 1.29 is 13.9 Å². The first kappa shape index (κ1) is 10.8. The number of esters is 1. The molecule has 0 aliphatic carbocycles. The molecule has 0 saturated carbocycles. The van der Waals surface area contributed by atoms with Crippen LogP contribution in [0.4, 0.5) is 0 Å². The molecule has 3 aromatic rings. The van der Waals surface area contributed by atoms with E-state index in [2.05, 4.69) is 0 Å². The maximum atomic E-state index is 11.5. The second kappa shape index (κ2) is 3.88. The number of carbonyl (C=O) groups is 1. The van der Waals surface area contributed by atoms with Crippen molar-refractivity contribution >= 4 is 27.9 Å². The highest BCUT2D eigenvalue weighted by Crippen LogP contribution is 2.31. The molecular formula is C15H12O3. The van der Waals surface area contributed by atoms with Gasteiger partial charge in [0.1, 0.15) is 11.2 Å². The third kappa shape index (κ3) is 1.48. The maximum Gasteiger partial charge on any atom is 0.337 e. The predicted octanol–water partition coefficient (Wildman–Crippen LogP) is 3.68. The summed E-state index contributed by atoms with van der Waals surface area (Å²) < 4.78 is 10.5. The van der Waals surface area contributed by atoms with Gasteiger partial charge in [-0.2, -0.15) is 0 Å². The molecular weight excluding hydrogens is 228 g/mol. The van der Waals surface area contributed by atoms with Crippen molar-refractivity contribution in [1.82, 2.24) is 0 Å². The molecule has 0 fully saturated rings. The van der Waals surface area contributed by atoms with Crippen molar-refractivity contribution in [3.05, 3.63) is 47.5 Å². The van der Waals surface area contributed by atoms with Gasteiger partial charge >= 0.3 is 5.97 Å². The van der Waals surface area contributed by atoms with Crippen LogP contribution in [0.1, 0.15) is 15.9 Å². The van der Waals surface area contributed by atoms with Crippen molar-refractivity contribution in [3.63, 3.8) is 0 Å². The van der Waals surface area contributed by atoms with Gasteiger partial charge in [0.15, 0.2) is 0 Å². The fourth-order valence-corrected chi connectivity index (χ4v) is 2.18. The van der Waals surface area contributed by atoms with Gasteiger partial charge in [-0.25, -0.2) is 4.79 Å². The van der Waals surface area contributed by atoms with Gasteiger partial charge in [-0.3, -0.25) is 0 Å². The van der Waals surface area contributed by atoms with Crippen LogP contribution in [0.2, 0.25) is 0 Å². The molecule has 0 amide bonds. The van der Waals surface area contributed by atoms with E-state index in [1.54, 1.807) is 12.1 Å². The molecule has 0 aliphatic rings. The first-order valence-corrected chi connectivity index (χ1v) is 5.71. The number of carbonyl (C=O) groups excluding carboxylic acids is 1. The summed E-state index contributed by atoms with van der Waals surface area (Å²) in [4.78, 5) is 11.5. The summed E-state index contributed by atoms with van der Waals surface area (Å²) in [5, 5.41) is 1.97. The first-order chi connectivity index (χ1) is 8.70. The Morgan fingerprint density at radius 1 is 1.17 bits per heavy atom. The monoisotopic (exact) mass is 240 g/mol. The number of benzene rings is 2. The Hall–Kier alpha value is -2.29. The van der Waals surface area contributed by atoms with E-state index in [0.29, 0.717) is 5.56 Å². The van der Waals surface area contributed by atoms with E-state index in [-0.39, 0.29) is 5.97 Å². The van der Waals surface area contributed by atoms with E-state index in [4.69, 9.17) is 9.15 Å². The average Bonchev–Trinajstić information content (AvgIpc) is 2.77. The van der Waals surface area contributed by atoms with Crippen molar-refractivity contribution in [2.75, 3.05) is 7.11 Å². The molecule has 1 heterocycles. The number of hydrogen-bond acceptors (Lipinski definition) is 3. The zero-order valence-corrected chi connectivity index (χ0v) is 10.2. The molecule has 18 heavy (non-hydrogen) atoms. The SMILES string of the molecule is COC(=O)c1ccc2oc3c(C)cccc3c2c1. The van der Waals surface area contributed by atoms with Crippen LogP contribution in [0.3, 0.4) is 0 Å². The topological polar surface area (TPSA) is 39.4 Å². The highest BCUT2D eigenvalue weighted by molar-refractivity contribution is 6.08. The van der Waals surface area contributed by atoms with E-state index < -0.39 is 0 Å². The lowest BCUT2D eigenvalue weighted by atomic mass is 10.1. The van der Waals surface area contributed by atoms with E-state index in [1.165, 1.54) is 7.11 Å².